The minimum Gasteiger partial charge on any atom is -0.493 e. The molecule has 0 spiro atoms. The van der Waals surface area contributed by atoms with Gasteiger partial charge in [0.25, 0.3) is 15.6 Å². The van der Waals surface area contributed by atoms with E-state index in [1.807, 2.05) is 6.92 Å². The maximum absolute atomic E-state index is 13.1. The van der Waals surface area contributed by atoms with Crippen molar-refractivity contribution in [2.45, 2.75) is 31.6 Å². The molecule has 4 aromatic rings. The molecular formula is C22H23N7O6S. The normalized spacial score (nSPS) is 11.5. The molecule has 13 nitrogen and oxygen atoms in total. The standard InChI is InChI=1S/C22H23N7O6S/c1-4-6-15-17-18(29(3)27-15)21(30)26-19(25-17)14-9-13(7-8-16(14)35-5-2)36(33,34)28-12-10-23-20(22(31)32)24-11-12/h7-11,28H,4-6H2,1-3H3,(H,31,32)(H,25,26,30). The number of carbonyl (C=O) groups is 1. The molecule has 0 amide bonds. The number of hydrogen-bond acceptors (Lipinski definition) is 9. The van der Waals surface area contributed by atoms with Crippen LogP contribution < -0.4 is 15.0 Å². The van der Waals surface area contributed by atoms with Crippen LogP contribution in [0.3, 0.4) is 0 Å². The number of aromatic nitrogens is 6. The number of aromatic amines is 1. The van der Waals surface area contributed by atoms with Gasteiger partial charge in [-0.15, -0.1) is 0 Å². The van der Waals surface area contributed by atoms with Crippen molar-refractivity contribution in [3.8, 4) is 17.1 Å². The highest BCUT2D eigenvalue weighted by Crippen LogP contribution is 2.31. The van der Waals surface area contributed by atoms with Crippen LogP contribution >= 0.6 is 0 Å². The van der Waals surface area contributed by atoms with Crippen molar-refractivity contribution in [1.82, 2.24) is 29.7 Å². The van der Waals surface area contributed by atoms with Crippen LogP contribution in [0.25, 0.3) is 22.4 Å². The van der Waals surface area contributed by atoms with Crippen molar-refractivity contribution < 1.29 is 23.1 Å². The molecule has 0 aliphatic carbocycles. The van der Waals surface area contributed by atoms with Gasteiger partial charge in [-0.05, 0) is 31.5 Å². The van der Waals surface area contributed by atoms with Gasteiger partial charge in [-0.1, -0.05) is 13.3 Å². The smallest absolute Gasteiger partial charge is 0.373 e. The van der Waals surface area contributed by atoms with Gasteiger partial charge in [-0.3, -0.25) is 14.2 Å². The van der Waals surface area contributed by atoms with Crippen LogP contribution in [-0.2, 0) is 23.5 Å². The number of H-pyrrole nitrogens is 1. The number of fused-ring (bicyclic) bond motifs is 1. The topological polar surface area (TPSA) is 182 Å². The van der Waals surface area contributed by atoms with Crippen molar-refractivity contribution in [3.63, 3.8) is 0 Å². The van der Waals surface area contributed by atoms with Crippen LogP contribution in [0.15, 0.2) is 40.3 Å². The number of nitrogens with zero attached hydrogens (tertiary/aromatic N) is 5. The van der Waals surface area contributed by atoms with Crippen molar-refractivity contribution in [3.05, 3.63) is 52.5 Å². The fraction of sp³-hybridized carbons (Fsp3) is 0.273. The maximum atomic E-state index is 13.1. The Balaban J connectivity index is 1.81. The zero-order valence-corrected chi connectivity index (χ0v) is 20.5. The van der Waals surface area contributed by atoms with Crippen LogP contribution in [-0.4, -0.2) is 55.8 Å². The van der Waals surface area contributed by atoms with Crippen LogP contribution in [0, 0.1) is 0 Å². The van der Waals surface area contributed by atoms with Crippen LogP contribution in [0.5, 0.6) is 5.75 Å². The fourth-order valence-corrected chi connectivity index (χ4v) is 4.68. The lowest BCUT2D eigenvalue weighted by Gasteiger charge is -2.13. The number of aryl methyl sites for hydroxylation is 2. The van der Waals surface area contributed by atoms with E-state index in [1.54, 1.807) is 14.0 Å². The number of sulfonamides is 1. The summed E-state index contributed by atoms with van der Waals surface area (Å²) in [5.74, 6) is -1.35. The molecule has 14 heteroatoms. The van der Waals surface area contributed by atoms with Crippen molar-refractivity contribution in [1.29, 1.82) is 0 Å². The molecule has 3 aromatic heterocycles. The third-order valence-electron chi connectivity index (χ3n) is 5.16. The predicted molar refractivity (Wildman–Crippen MR) is 130 cm³/mol. The summed E-state index contributed by atoms with van der Waals surface area (Å²) in [4.78, 5) is 38.2. The van der Waals surface area contributed by atoms with Gasteiger partial charge in [-0.25, -0.2) is 28.2 Å². The second-order valence-corrected chi connectivity index (χ2v) is 9.41. The average Bonchev–Trinajstić information content (AvgIpc) is 3.15. The quantitative estimate of drug-likeness (QED) is 0.299. The summed E-state index contributed by atoms with van der Waals surface area (Å²) in [6, 6.07) is 4.14. The average molecular weight is 514 g/mol. The summed E-state index contributed by atoms with van der Waals surface area (Å²) < 4.78 is 35.6. The van der Waals surface area contributed by atoms with Crippen molar-refractivity contribution in [2.75, 3.05) is 11.3 Å². The summed E-state index contributed by atoms with van der Waals surface area (Å²) in [6.07, 6.45) is 3.52. The van der Waals surface area contributed by atoms with Crippen LogP contribution in [0.2, 0.25) is 0 Å². The second-order valence-electron chi connectivity index (χ2n) is 7.73. The minimum absolute atomic E-state index is 0.0250. The largest absolute Gasteiger partial charge is 0.493 e. The highest BCUT2D eigenvalue weighted by Gasteiger charge is 2.21. The molecule has 4 rings (SSSR count). The number of ether oxygens (including phenoxy) is 1. The predicted octanol–water partition coefficient (Wildman–Crippen LogP) is 1.96. The van der Waals surface area contributed by atoms with E-state index >= 15 is 0 Å². The van der Waals surface area contributed by atoms with Gasteiger partial charge in [0, 0.05) is 7.05 Å². The number of benzene rings is 1. The Hall–Kier alpha value is -4.33. The highest BCUT2D eigenvalue weighted by molar-refractivity contribution is 7.92. The highest BCUT2D eigenvalue weighted by atomic mass is 32.2. The Bertz CT molecular complexity index is 1610. The van der Waals surface area contributed by atoms with Crippen molar-refractivity contribution in [2.24, 2.45) is 7.05 Å². The van der Waals surface area contributed by atoms with E-state index in [-0.39, 0.29) is 22.0 Å². The molecule has 0 bridgehead atoms. The first-order chi connectivity index (χ1) is 17.1. The number of aromatic carboxylic acids is 1. The molecular weight excluding hydrogens is 490 g/mol. The molecule has 0 atom stereocenters. The maximum Gasteiger partial charge on any atom is 0.373 e. The summed E-state index contributed by atoms with van der Waals surface area (Å²) in [7, 11) is -2.48. The SMILES string of the molecule is CCCc1nn(C)c2c(=O)[nH]c(-c3cc(S(=O)(=O)Nc4cnc(C(=O)O)nc4)ccc3OCC)nc12. The van der Waals surface area contributed by atoms with Gasteiger partial charge >= 0.3 is 5.97 Å². The van der Waals surface area contributed by atoms with Gasteiger partial charge in [-0.2, -0.15) is 5.10 Å². The molecule has 1 aromatic carbocycles. The molecule has 0 saturated heterocycles. The Kier molecular flexibility index (Phi) is 6.70. The molecule has 3 N–H and O–H groups in total. The van der Waals surface area contributed by atoms with E-state index in [4.69, 9.17) is 9.84 Å². The first-order valence-electron chi connectivity index (χ1n) is 11.0. The lowest BCUT2D eigenvalue weighted by atomic mass is 10.1. The summed E-state index contributed by atoms with van der Waals surface area (Å²) in [6.45, 7) is 4.06. The monoisotopic (exact) mass is 513 g/mol. The summed E-state index contributed by atoms with van der Waals surface area (Å²) in [5.41, 5.74) is 1.23. The second kappa shape index (κ2) is 9.73. The van der Waals surface area contributed by atoms with Gasteiger partial charge in [0.1, 0.15) is 17.1 Å². The van der Waals surface area contributed by atoms with Crippen LogP contribution in [0.4, 0.5) is 5.69 Å². The first-order valence-corrected chi connectivity index (χ1v) is 12.4. The molecule has 36 heavy (non-hydrogen) atoms. The summed E-state index contributed by atoms with van der Waals surface area (Å²) >= 11 is 0. The zero-order valence-electron chi connectivity index (χ0n) is 19.6. The minimum atomic E-state index is -4.14. The molecule has 0 fully saturated rings. The zero-order chi connectivity index (χ0) is 26.0. The van der Waals surface area contributed by atoms with Gasteiger partial charge < -0.3 is 14.8 Å². The van der Waals surface area contributed by atoms with Gasteiger partial charge in [0.05, 0.1) is 40.8 Å². The molecule has 3 heterocycles. The molecule has 0 aliphatic heterocycles. The van der Waals surface area contributed by atoms with E-state index in [9.17, 15) is 18.0 Å². The van der Waals surface area contributed by atoms with E-state index in [0.717, 1.165) is 18.8 Å². The number of carboxylic acid groups (broad SMARTS) is 1. The molecule has 0 unspecified atom stereocenters. The molecule has 0 aliphatic rings. The Morgan fingerprint density at radius 2 is 1.94 bits per heavy atom. The molecule has 188 valence electrons. The Labute approximate surface area is 205 Å². The Morgan fingerprint density at radius 1 is 1.22 bits per heavy atom. The lowest BCUT2D eigenvalue weighted by Crippen LogP contribution is -2.15. The number of rotatable bonds is 9. The fourth-order valence-electron chi connectivity index (χ4n) is 3.63. The third-order valence-corrected chi connectivity index (χ3v) is 6.54. The number of nitrogens with one attached hydrogen (secondary N) is 2. The molecule has 0 saturated carbocycles. The van der Waals surface area contributed by atoms with Crippen LogP contribution in [0.1, 0.15) is 36.6 Å². The number of hydrogen-bond donors (Lipinski definition) is 3. The molecule has 0 radical (unpaired) electrons. The Morgan fingerprint density at radius 3 is 2.58 bits per heavy atom. The number of carboxylic acids is 1. The van der Waals surface area contributed by atoms with E-state index in [0.29, 0.717) is 35.5 Å². The van der Waals surface area contributed by atoms with Gasteiger partial charge in [0.15, 0.2) is 5.52 Å². The first kappa shape index (κ1) is 24.8. The van der Waals surface area contributed by atoms with E-state index in [1.165, 1.54) is 22.9 Å². The third kappa shape index (κ3) is 4.75. The van der Waals surface area contributed by atoms with E-state index < -0.39 is 27.4 Å². The van der Waals surface area contributed by atoms with Gasteiger partial charge in [0.2, 0.25) is 5.82 Å². The summed E-state index contributed by atoms with van der Waals surface area (Å²) in [5, 5.41) is 13.3. The van der Waals surface area contributed by atoms with Crippen molar-refractivity contribution >= 4 is 32.7 Å². The number of anilines is 1. The van der Waals surface area contributed by atoms with E-state index in [2.05, 4.69) is 29.8 Å². The lowest BCUT2D eigenvalue weighted by molar-refractivity contribution is 0.0683.